The molecule has 0 fully saturated rings. The molecule has 0 bridgehead atoms. The van der Waals surface area contributed by atoms with Gasteiger partial charge in [-0.3, -0.25) is 4.99 Å². The molecule has 0 saturated heterocycles. The molecule has 6 aromatic carbocycles. The maximum absolute atomic E-state index is 6.54. The van der Waals surface area contributed by atoms with E-state index in [9.17, 15) is 0 Å². The highest BCUT2D eigenvalue weighted by Gasteiger charge is 2.25. The lowest BCUT2D eigenvalue weighted by Gasteiger charge is -2.24. The Morgan fingerprint density at radius 3 is 1.59 bits per heavy atom. The van der Waals surface area contributed by atoms with Crippen LogP contribution in [-0.2, 0) is 0 Å². The highest BCUT2D eigenvalue weighted by Crippen LogP contribution is 2.40. The second-order valence-corrected chi connectivity index (χ2v) is 11.9. The van der Waals surface area contributed by atoms with E-state index in [1.54, 1.807) is 0 Å². The van der Waals surface area contributed by atoms with Gasteiger partial charge in [-0.25, -0.2) is 15.0 Å². The third-order valence-corrected chi connectivity index (χ3v) is 8.76. The molecule has 1 aliphatic heterocycles. The number of hydrogen-bond acceptors (Lipinski definition) is 6. The fraction of sp³-hybridized carbons (Fsp3) is 0.0233. The Bertz CT molecular complexity index is 2390. The summed E-state index contributed by atoms with van der Waals surface area (Å²) in [7, 11) is 0. The first-order valence-corrected chi connectivity index (χ1v) is 16.3. The van der Waals surface area contributed by atoms with Crippen LogP contribution in [0.2, 0.25) is 0 Å². The van der Waals surface area contributed by atoms with Crippen molar-refractivity contribution in [3.8, 4) is 34.2 Å². The Labute approximate surface area is 283 Å². The summed E-state index contributed by atoms with van der Waals surface area (Å²) in [6.07, 6.45) is 2.19. The first-order chi connectivity index (χ1) is 24.3. The molecule has 9 rings (SSSR count). The van der Waals surface area contributed by atoms with E-state index in [1.807, 2.05) is 109 Å². The summed E-state index contributed by atoms with van der Waals surface area (Å²) >= 11 is 0. The molecule has 0 aliphatic carbocycles. The quantitative estimate of drug-likeness (QED) is 0.198. The summed E-state index contributed by atoms with van der Waals surface area (Å²) in [5.74, 6) is 2.57. The predicted molar refractivity (Wildman–Crippen MR) is 197 cm³/mol. The predicted octanol–water partition coefficient (Wildman–Crippen LogP) is 9.90. The number of aromatic nitrogens is 3. The van der Waals surface area contributed by atoms with Crippen LogP contribution in [0, 0.1) is 0 Å². The molecule has 0 spiro atoms. The molecule has 0 radical (unpaired) electrons. The summed E-state index contributed by atoms with van der Waals surface area (Å²) in [6.45, 7) is 0. The van der Waals surface area contributed by atoms with Gasteiger partial charge in [0.25, 0.3) is 0 Å². The van der Waals surface area contributed by atoms with Gasteiger partial charge in [-0.15, -0.1) is 0 Å². The Morgan fingerprint density at radius 1 is 0.469 bits per heavy atom. The molecule has 6 nitrogen and oxygen atoms in total. The van der Waals surface area contributed by atoms with Gasteiger partial charge >= 0.3 is 0 Å². The van der Waals surface area contributed by atoms with Crippen molar-refractivity contribution >= 4 is 33.5 Å². The first-order valence-electron chi connectivity index (χ1n) is 16.3. The van der Waals surface area contributed by atoms with Crippen molar-refractivity contribution in [2.75, 3.05) is 0 Å². The molecule has 6 heteroatoms. The van der Waals surface area contributed by atoms with Crippen molar-refractivity contribution in [2.24, 2.45) is 4.99 Å². The second kappa shape index (κ2) is 12.2. The molecule has 1 unspecified atom stereocenters. The summed E-state index contributed by atoms with van der Waals surface area (Å²) < 4.78 is 6.54. The van der Waals surface area contributed by atoms with E-state index >= 15 is 0 Å². The summed E-state index contributed by atoms with van der Waals surface area (Å²) in [5.41, 5.74) is 8.30. The van der Waals surface area contributed by atoms with Crippen LogP contribution < -0.4 is 5.32 Å². The third-order valence-electron chi connectivity index (χ3n) is 8.76. The zero-order chi connectivity index (χ0) is 32.6. The summed E-state index contributed by atoms with van der Waals surface area (Å²) in [5, 5.41) is 5.67. The number of rotatable bonds is 6. The molecule has 49 heavy (non-hydrogen) atoms. The minimum atomic E-state index is -0.334. The fourth-order valence-electron chi connectivity index (χ4n) is 6.41. The van der Waals surface area contributed by atoms with Gasteiger partial charge < -0.3 is 9.73 Å². The van der Waals surface area contributed by atoms with Gasteiger partial charge in [0.2, 0.25) is 0 Å². The van der Waals surface area contributed by atoms with Crippen molar-refractivity contribution in [3.05, 3.63) is 180 Å². The topological polar surface area (TPSA) is 76.2 Å². The van der Waals surface area contributed by atoms with Crippen LogP contribution in [0.4, 0.5) is 0 Å². The molecular weight excluding hydrogens is 603 g/mol. The number of aliphatic imine (C=N–C) groups is 1. The molecule has 1 aliphatic rings. The minimum Gasteiger partial charge on any atom is -0.456 e. The Balaban J connectivity index is 1.30. The number of nitrogens with one attached hydrogen (secondary N) is 1. The molecule has 0 amide bonds. The van der Waals surface area contributed by atoms with E-state index in [0.717, 1.165) is 66.9 Å². The van der Waals surface area contributed by atoms with E-state index in [2.05, 4.69) is 59.9 Å². The fourth-order valence-corrected chi connectivity index (χ4v) is 6.41. The van der Waals surface area contributed by atoms with Crippen LogP contribution in [0.5, 0.6) is 0 Å². The summed E-state index contributed by atoms with van der Waals surface area (Å²) in [6, 6.07) is 52.7. The van der Waals surface area contributed by atoms with Crippen LogP contribution >= 0.6 is 0 Å². The number of furan rings is 1. The van der Waals surface area contributed by atoms with E-state index in [4.69, 9.17) is 24.4 Å². The van der Waals surface area contributed by atoms with Crippen molar-refractivity contribution in [3.63, 3.8) is 0 Å². The average molecular weight is 632 g/mol. The molecule has 232 valence electrons. The average Bonchev–Trinajstić information content (AvgIpc) is 3.57. The number of para-hydroxylation sites is 1. The van der Waals surface area contributed by atoms with Gasteiger partial charge in [-0.1, -0.05) is 140 Å². The number of nitrogens with zero attached hydrogens (tertiary/aromatic N) is 4. The molecular formula is C43H29N5O. The zero-order valence-corrected chi connectivity index (χ0v) is 26.4. The van der Waals surface area contributed by atoms with Crippen molar-refractivity contribution < 1.29 is 4.42 Å². The number of hydrogen-bond donors (Lipinski definition) is 1. The Morgan fingerprint density at radius 2 is 0.980 bits per heavy atom. The van der Waals surface area contributed by atoms with E-state index in [-0.39, 0.29) is 6.04 Å². The standard InChI is InChI=1S/C43H29N5O/c1-5-15-28(16-6-1)35-27-36(45-40(44-35)29-17-7-2-8-18-29)34-25-32(26-38-39(34)33-23-13-14-24-37(33)49-38)43-47-41(30-19-9-3-10-20-30)46-42(48-43)31-21-11-4-12-22-31/h1-27,36H,(H,44,45). The highest BCUT2D eigenvalue weighted by molar-refractivity contribution is 6.09. The van der Waals surface area contributed by atoms with Crippen LogP contribution in [0.1, 0.15) is 22.7 Å². The van der Waals surface area contributed by atoms with Crippen molar-refractivity contribution in [2.45, 2.75) is 6.04 Å². The summed E-state index contributed by atoms with van der Waals surface area (Å²) in [4.78, 5) is 20.3. The van der Waals surface area contributed by atoms with Crippen LogP contribution in [0.25, 0.3) is 61.8 Å². The number of benzene rings is 6. The molecule has 3 heterocycles. The first kappa shape index (κ1) is 28.6. The van der Waals surface area contributed by atoms with E-state index in [0.29, 0.717) is 17.5 Å². The lowest BCUT2D eigenvalue weighted by molar-refractivity contribution is 0.668. The van der Waals surface area contributed by atoms with Gasteiger partial charge in [0, 0.05) is 38.7 Å². The number of amidine groups is 1. The van der Waals surface area contributed by atoms with Crippen LogP contribution in [0.15, 0.2) is 173 Å². The SMILES string of the molecule is C1=C(c2ccccc2)NC(c2ccccc2)=NC1c1cc(-c2nc(-c3ccccc3)nc(-c3ccccc3)n2)cc2oc3ccccc3c12. The normalized spacial score (nSPS) is 14.3. The van der Waals surface area contributed by atoms with Crippen LogP contribution in [0.3, 0.4) is 0 Å². The van der Waals surface area contributed by atoms with Crippen LogP contribution in [-0.4, -0.2) is 20.8 Å². The number of fused-ring (bicyclic) bond motifs is 3. The van der Waals surface area contributed by atoms with Gasteiger partial charge in [0.1, 0.15) is 17.0 Å². The molecule has 0 saturated carbocycles. The molecule has 8 aromatic rings. The van der Waals surface area contributed by atoms with E-state index < -0.39 is 0 Å². The maximum Gasteiger partial charge on any atom is 0.164 e. The Kier molecular flexibility index (Phi) is 7.09. The molecule has 1 atom stereocenters. The van der Waals surface area contributed by atoms with E-state index in [1.165, 1.54) is 0 Å². The minimum absolute atomic E-state index is 0.334. The largest absolute Gasteiger partial charge is 0.456 e. The van der Waals surface area contributed by atoms with Gasteiger partial charge in [-0.05, 0) is 35.4 Å². The van der Waals surface area contributed by atoms with Crippen molar-refractivity contribution in [1.29, 1.82) is 0 Å². The molecule has 1 N–H and O–H groups in total. The van der Waals surface area contributed by atoms with Crippen molar-refractivity contribution in [1.82, 2.24) is 20.3 Å². The lowest BCUT2D eigenvalue weighted by atomic mass is 9.94. The smallest absolute Gasteiger partial charge is 0.164 e. The lowest BCUT2D eigenvalue weighted by Crippen LogP contribution is -2.27. The Hall–Kier alpha value is -6.66. The van der Waals surface area contributed by atoms with Gasteiger partial charge in [0.05, 0.1) is 6.04 Å². The van der Waals surface area contributed by atoms with Gasteiger partial charge in [-0.2, -0.15) is 0 Å². The maximum atomic E-state index is 6.54. The molecule has 2 aromatic heterocycles. The second-order valence-electron chi connectivity index (χ2n) is 11.9. The third kappa shape index (κ3) is 5.45. The zero-order valence-electron chi connectivity index (χ0n) is 26.4. The highest BCUT2D eigenvalue weighted by atomic mass is 16.3. The van der Waals surface area contributed by atoms with Gasteiger partial charge in [0.15, 0.2) is 17.5 Å². The monoisotopic (exact) mass is 631 g/mol.